The van der Waals surface area contributed by atoms with Crippen LogP contribution in [0.25, 0.3) is 5.69 Å². The lowest BCUT2D eigenvalue weighted by Gasteiger charge is -2.28. The van der Waals surface area contributed by atoms with Gasteiger partial charge in [-0.05, 0) is 86.6 Å². The van der Waals surface area contributed by atoms with Crippen molar-refractivity contribution in [2.75, 3.05) is 11.9 Å². The highest BCUT2D eigenvalue weighted by Crippen LogP contribution is 2.42. The molecule has 2 aromatic heterocycles. The Bertz CT molecular complexity index is 1580. The molecule has 1 aliphatic rings. The van der Waals surface area contributed by atoms with Gasteiger partial charge in [0.1, 0.15) is 0 Å². The lowest BCUT2D eigenvalue weighted by molar-refractivity contribution is -0.137. The Hall–Kier alpha value is -4.18. The molecule has 1 aliphatic heterocycles. The topological polar surface area (TPSA) is 62.2 Å². The van der Waals surface area contributed by atoms with Crippen LogP contribution in [0.3, 0.4) is 0 Å². The van der Waals surface area contributed by atoms with Crippen molar-refractivity contribution in [3.05, 3.63) is 113 Å². The Morgan fingerprint density at radius 2 is 1.78 bits per heavy atom. The molecule has 1 fully saturated rings. The number of amides is 1. The summed E-state index contributed by atoms with van der Waals surface area (Å²) in [5.41, 5.74) is 3.97. The van der Waals surface area contributed by atoms with Gasteiger partial charge in [0.15, 0.2) is 5.11 Å². The lowest BCUT2D eigenvalue weighted by atomic mass is 9.96. The average molecular weight is 578 g/mol. The van der Waals surface area contributed by atoms with E-state index in [-0.39, 0.29) is 24.1 Å². The molecule has 5 rings (SSSR count). The van der Waals surface area contributed by atoms with E-state index in [1.165, 1.54) is 12.1 Å². The van der Waals surface area contributed by atoms with Crippen LogP contribution in [0.1, 0.15) is 52.3 Å². The van der Waals surface area contributed by atoms with Crippen LogP contribution in [-0.2, 0) is 11.0 Å². The molecule has 2 unspecified atom stereocenters. The zero-order chi connectivity index (χ0) is 29.3. The van der Waals surface area contributed by atoms with Crippen LogP contribution >= 0.6 is 12.2 Å². The summed E-state index contributed by atoms with van der Waals surface area (Å²) in [7, 11) is 0. The van der Waals surface area contributed by atoms with Crippen LogP contribution in [0.4, 0.5) is 18.9 Å². The fraction of sp³-hybridized carbons (Fsp3) is 0.258. The minimum absolute atomic E-state index is 0.0632. The van der Waals surface area contributed by atoms with Crippen LogP contribution in [0.2, 0.25) is 0 Å². The number of pyridine rings is 1. The molecule has 212 valence electrons. The second kappa shape index (κ2) is 11.4. The Morgan fingerprint density at radius 1 is 1.02 bits per heavy atom. The number of benzene rings is 2. The monoisotopic (exact) mass is 577 g/mol. The fourth-order valence-electron chi connectivity index (χ4n) is 5.52. The summed E-state index contributed by atoms with van der Waals surface area (Å²) in [5, 5.41) is 6.74. The van der Waals surface area contributed by atoms with Crippen molar-refractivity contribution in [1.29, 1.82) is 0 Å². The standard InChI is InChI=1S/C31H30F3N5OS/c1-19-9-8-10-22(17-19)36-27(40)14-16-38-29(28(37-30(38)41)25-12-6-7-15-35-25)23-18-20(2)39(21(23)3)26-13-5-4-11-24(26)31(32,33)34/h4-13,15,17-18,28-29H,14,16H2,1-3H3,(H,36,40)(H,37,41). The second-order valence-electron chi connectivity index (χ2n) is 10.2. The highest BCUT2D eigenvalue weighted by atomic mass is 32.1. The van der Waals surface area contributed by atoms with Crippen LogP contribution in [0.5, 0.6) is 0 Å². The normalized spacial score (nSPS) is 17.0. The van der Waals surface area contributed by atoms with Crippen molar-refractivity contribution in [3.8, 4) is 5.69 Å². The van der Waals surface area contributed by atoms with E-state index in [2.05, 4.69) is 15.6 Å². The highest BCUT2D eigenvalue weighted by Gasteiger charge is 2.42. The summed E-state index contributed by atoms with van der Waals surface area (Å²) in [4.78, 5) is 19.4. The number of anilines is 1. The molecule has 3 heterocycles. The molecule has 2 N–H and O–H groups in total. The van der Waals surface area contributed by atoms with E-state index in [1.807, 2.05) is 67.3 Å². The van der Waals surface area contributed by atoms with Gasteiger partial charge in [0.25, 0.3) is 0 Å². The number of carbonyl (C=O) groups is 1. The van der Waals surface area contributed by atoms with Crippen molar-refractivity contribution in [2.24, 2.45) is 0 Å². The first kappa shape index (κ1) is 28.4. The molecule has 0 radical (unpaired) electrons. The molecule has 0 aliphatic carbocycles. The SMILES string of the molecule is Cc1cccc(NC(=O)CCN2C(=S)NC(c3ccccn3)C2c2cc(C)n(-c3ccccc3C(F)(F)F)c2C)c1. The predicted molar refractivity (Wildman–Crippen MR) is 157 cm³/mol. The molecule has 0 bridgehead atoms. The van der Waals surface area contributed by atoms with Gasteiger partial charge < -0.3 is 20.1 Å². The van der Waals surface area contributed by atoms with Gasteiger partial charge in [-0.2, -0.15) is 13.2 Å². The third-order valence-corrected chi connectivity index (χ3v) is 7.67. The third-order valence-electron chi connectivity index (χ3n) is 7.32. The molecule has 2 atom stereocenters. The average Bonchev–Trinajstić information content (AvgIpc) is 3.41. The maximum atomic E-state index is 14.0. The molecule has 0 spiro atoms. The number of aryl methyl sites for hydroxylation is 2. The van der Waals surface area contributed by atoms with Gasteiger partial charge in [0.05, 0.1) is 29.0 Å². The van der Waals surface area contributed by atoms with Gasteiger partial charge in [0.2, 0.25) is 5.91 Å². The Kier molecular flexibility index (Phi) is 7.86. The summed E-state index contributed by atoms with van der Waals surface area (Å²) >= 11 is 5.74. The Balaban J connectivity index is 1.51. The number of thiocarbonyl (C=S) groups is 1. The number of carbonyl (C=O) groups excluding carboxylic acids is 1. The first-order valence-electron chi connectivity index (χ1n) is 13.2. The molecule has 41 heavy (non-hydrogen) atoms. The number of alkyl halides is 3. The third kappa shape index (κ3) is 5.83. The van der Waals surface area contributed by atoms with E-state index in [9.17, 15) is 18.0 Å². The largest absolute Gasteiger partial charge is 0.418 e. The zero-order valence-corrected chi connectivity index (χ0v) is 23.7. The maximum absolute atomic E-state index is 14.0. The van der Waals surface area contributed by atoms with Crippen molar-refractivity contribution in [3.63, 3.8) is 0 Å². The van der Waals surface area contributed by atoms with E-state index in [4.69, 9.17) is 12.2 Å². The summed E-state index contributed by atoms with van der Waals surface area (Å²) in [6.45, 7) is 5.87. The fourth-order valence-corrected chi connectivity index (χ4v) is 5.85. The number of para-hydroxylation sites is 1. The van der Waals surface area contributed by atoms with Gasteiger partial charge in [-0.15, -0.1) is 0 Å². The molecule has 1 saturated heterocycles. The van der Waals surface area contributed by atoms with Crippen molar-refractivity contribution < 1.29 is 18.0 Å². The number of rotatable bonds is 7. The number of halogens is 3. The van der Waals surface area contributed by atoms with E-state index in [0.717, 1.165) is 22.9 Å². The number of nitrogens with zero attached hydrogens (tertiary/aromatic N) is 3. The quantitative estimate of drug-likeness (QED) is 0.236. The lowest BCUT2D eigenvalue weighted by Crippen LogP contribution is -2.33. The molecule has 10 heteroatoms. The summed E-state index contributed by atoms with van der Waals surface area (Å²) < 4.78 is 43.5. The Morgan fingerprint density at radius 3 is 2.49 bits per heavy atom. The van der Waals surface area contributed by atoms with Gasteiger partial charge in [-0.3, -0.25) is 9.78 Å². The summed E-state index contributed by atoms with van der Waals surface area (Å²) in [6.07, 6.45) is -2.65. The molecule has 2 aromatic carbocycles. The van der Waals surface area contributed by atoms with E-state index in [1.54, 1.807) is 23.8 Å². The van der Waals surface area contributed by atoms with E-state index < -0.39 is 17.8 Å². The van der Waals surface area contributed by atoms with Crippen molar-refractivity contribution >= 4 is 28.9 Å². The molecule has 0 saturated carbocycles. The number of hydrogen-bond acceptors (Lipinski definition) is 3. The van der Waals surface area contributed by atoms with Crippen molar-refractivity contribution in [1.82, 2.24) is 19.8 Å². The summed E-state index contributed by atoms with van der Waals surface area (Å²) in [6, 6.07) is 19.9. The first-order chi connectivity index (χ1) is 19.5. The van der Waals surface area contributed by atoms with Gasteiger partial charge in [0, 0.05) is 36.2 Å². The molecular formula is C31H30F3N5OS. The van der Waals surface area contributed by atoms with Crippen molar-refractivity contribution in [2.45, 2.75) is 45.5 Å². The van der Waals surface area contributed by atoms with Crippen LogP contribution in [0, 0.1) is 20.8 Å². The number of hydrogen-bond donors (Lipinski definition) is 2. The Labute approximate surface area is 242 Å². The van der Waals surface area contributed by atoms with Crippen LogP contribution in [0.15, 0.2) is 79.0 Å². The molecule has 1 amide bonds. The van der Waals surface area contributed by atoms with Gasteiger partial charge in [-0.25, -0.2) is 0 Å². The minimum Gasteiger partial charge on any atom is -0.352 e. The maximum Gasteiger partial charge on any atom is 0.418 e. The second-order valence-corrected chi connectivity index (χ2v) is 10.6. The zero-order valence-electron chi connectivity index (χ0n) is 22.9. The summed E-state index contributed by atoms with van der Waals surface area (Å²) in [5.74, 6) is -0.164. The molecule has 6 nitrogen and oxygen atoms in total. The number of aromatic nitrogens is 2. The van der Waals surface area contributed by atoms with Gasteiger partial charge in [-0.1, -0.05) is 30.3 Å². The predicted octanol–water partition coefficient (Wildman–Crippen LogP) is 6.82. The van der Waals surface area contributed by atoms with Gasteiger partial charge >= 0.3 is 6.18 Å². The van der Waals surface area contributed by atoms with Crippen LogP contribution in [-0.4, -0.2) is 32.0 Å². The highest BCUT2D eigenvalue weighted by molar-refractivity contribution is 7.80. The molecular weight excluding hydrogens is 547 g/mol. The van der Waals surface area contributed by atoms with E-state index in [0.29, 0.717) is 28.7 Å². The molecule has 4 aromatic rings. The van der Waals surface area contributed by atoms with Crippen LogP contribution < -0.4 is 10.6 Å². The first-order valence-corrected chi connectivity index (χ1v) is 13.7. The van der Waals surface area contributed by atoms with E-state index >= 15 is 0 Å². The smallest absolute Gasteiger partial charge is 0.352 e. The minimum atomic E-state index is -4.51. The number of nitrogens with one attached hydrogen (secondary N) is 2.